The van der Waals surface area contributed by atoms with Crippen LogP contribution in [0.1, 0.15) is 74.4 Å². The molecule has 348 valence electrons. The number of hydrogen-bond donors (Lipinski definition) is 0. The summed E-state index contributed by atoms with van der Waals surface area (Å²) in [6, 6.07) is 25.8. The number of methoxy groups -OCH3 is 3. The Morgan fingerprint density at radius 3 is 2.26 bits per heavy atom. The smallest absolute Gasteiger partial charge is 0.351 e. The Hall–Kier alpha value is -3.89. The highest BCUT2D eigenvalue weighted by atomic mass is 32.9. The topological polar surface area (TPSA) is 124 Å². The quantitative estimate of drug-likeness (QED) is 0.0433. The summed E-state index contributed by atoms with van der Waals surface area (Å²) in [6.45, 7) is 11.9. The third-order valence-corrected chi connectivity index (χ3v) is 18.9. The van der Waals surface area contributed by atoms with E-state index in [4.69, 9.17) is 54.3 Å². The minimum Gasteiger partial charge on any atom is -0.497 e. The molecule has 3 aliphatic heterocycles. The predicted molar refractivity (Wildman–Crippen MR) is 258 cm³/mol. The Morgan fingerprint density at radius 1 is 1.00 bits per heavy atom. The van der Waals surface area contributed by atoms with Gasteiger partial charge in [0.05, 0.1) is 40.1 Å². The molecule has 0 unspecified atom stereocenters. The molecule has 1 aliphatic carbocycles. The maximum atomic E-state index is 14.3. The second-order valence-electron chi connectivity index (χ2n) is 17.5. The number of allylic oxidation sites excluding steroid dienone is 1. The molecule has 13 nitrogen and oxygen atoms in total. The van der Waals surface area contributed by atoms with Crippen LogP contribution in [0.4, 0.5) is 5.82 Å². The van der Waals surface area contributed by atoms with Crippen molar-refractivity contribution in [1.29, 1.82) is 0 Å². The molecular formula is C49H61N4O9PS2. The molecule has 4 aromatic rings. The summed E-state index contributed by atoms with van der Waals surface area (Å²) in [6.07, 6.45) is 2.67. The lowest BCUT2D eigenvalue weighted by molar-refractivity contribution is -0.0990. The summed E-state index contributed by atoms with van der Waals surface area (Å²) < 4.78 is 53.3. The number of rotatable bonds is 17. The standard InChI is InChI=1S/C49H61N4O9PS2/c1-32(2)34-24-25-48(4)41(29-34)61-63(64,65-48)62-43-40(60-46(44(43)58-28-27-55-6)53-30-33(3)45(51-47(53)54)50-42-15-12-26-52(42)5)31-59-49(35-13-10-9-11-14-35,36-16-20-38(56-7)21-17-36)37-18-22-39(57-8)23-19-37/h9-11,13-14,16-23,30,34,40-41,43-44,46H,1,12,15,24-29,31H2,2-8H3/t34-,40-,41+,43-,44-,46-,48+,63+/m1/s1. The number of nitrogens with zero attached hydrogens (tertiary/aromatic N) is 4. The third-order valence-electron chi connectivity index (χ3n) is 13.2. The van der Waals surface area contributed by atoms with E-state index in [1.165, 1.54) is 4.57 Å². The van der Waals surface area contributed by atoms with Gasteiger partial charge in [-0.1, -0.05) is 78.1 Å². The highest BCUT2D eigenvalue weighted by molar-refractivity contribution is 8.68. The lowest BCUT2D eigenvalue weighted by atomic mass is 9.77. The van der Waals surface area contributed by atoms with Crippen molar-refractivity contribution in [2.24, 2.45) is 10.9 Å². The minimum absolute atomic E-state index is 0.0179. The molecule has 4 fully saturated rings. The van der Waals surface area contributed by atoms with Crippen LogP contribution in [0.25, 0.3) is 0 Å². The van der Waals surface area contributed by atoms with Gasteiger partial charge in [0, 0.05) is 43.6 Å². The van der Waals surface area contributed by atoms with E-state index in [2.05, 4.69) is 30.3 Å². The zero-order valence-electron chi connectivity index (χ0n) is 38.3. The number of aromatic nitrogens is 2. The van der Waals surface area contributed by atoms with Crippen LogP contribution in [0.2, 0.25) is 0 Å². The molecule has 3 aromatic carbocycles. The van der Waals surface area contributed by atoms with Crippen LogP contribution in [-0.2, 0) is 45.4 Å². The Balaban J connectivity index is 1.23. The molecule has 0 N–H and O–H groups in total. The summed E-state index contributed by atoms with van der Waals surface area (Å²) in [5, 5.41) is 0. The molecule has 16 heteroatoms. The van der Waals surface area contributed by atoms with E-state index in [1.54, 1.807) is 38.9 Å². The number of aryl methyl sites for hydroxylation is 1. The van der Waals surface area contributed by atoms with Gasteiger partial charge in [-0.05, 0) is 105 Å². The van der Waals surface area contributed by atoms with Crippen LogP contribution < -0.4 is 15.2 Å². The van der Waals surface area contributed by atoms with E-state index >= 15 is 0 Å². The summed E-state index contributed by atoms with van der Waals surface area (Å²) in [5.41, 5.74) is -0.346. The van der Waals surface area contributed by atoms with Gasteiger partial charge in [0.2, 0.25) is 5.69 Å². The van der Waals surface area contributed by atoms with Gasteiger partial charge in [-0.25, -0.2) is 9.79 Å². The predicted octanol–water partition coefficient (Wildman–Crippen LogP) is 9.14. The summed E-state index contributed by atoms with van der Waals surface area (Å²) in [4.78, 5) is 25.7. The first kappa shape index (κ1) is 47.6. The van der Waals surface area contributed by atoms with Crippen LogP contribution in [-0.4, -0.2) is 104 Å². The fourth-order valence-corrected chi connectivity index (χ4v) is 17.0. The van der Waals surface area contributed by atoms with Gasteiger partial charge in [0.1, 0.15) is 41.2 Å². The van der Waals surface area contributed by atoms with E-state index in [-0.39, 0.29) is 24.1 Å². The minimum atomic E-state index is -3.07. The van der Waals surface area contributed by atoms with E-state index in [0.29, 0.717) is 35.4 Å². The SMILES string of the molecule is C=C(C)[C@@H]1CC[C@]2(C)S[P@](=S)(O[C@H]3[C@@H](OCCOC)[C@H](n4cc(C)c(N=C5CCCN5C)nc4=O)O[C@@H]3COC(c3ccccc3)(c3ccc(OC)cc3)c3ccc(OC)cc3)O[C@H]2C1. The monoisotopic (exact) mass is 944 g/mol. The molecule has 0 amide bonds. The average Bonchev–Trinajstić information content (AvgIpc) is 3.96. The highest BCUT2D eigenvalue weighted by Gasteiger charge is 2.57. The van der Waals surface area contributed by atoms with Crippen molar-refractivity contribution < 1.29 is 37.5 Å². The largest absolute Gasteiger partial charge is 0.497 e. The maximum Gasteiger partial charge on any atom is 0.351 e. The van der Waals surface area contributed by atoms with Crippen molar-refractivity contribution in [2.45, 2.75) is 93.9 Å². The summed E-state index contributed by atoms with van der Waals surface area (Å²) in [7, 11) is 6.91. The zero-order valence-corrected chi connectivity index (χ0v) is 40.9. The fourth-order valence-electron chi connectivity index (χ4n) is 9.41. The van der Waals surface area contributed by atoms with Gasteiger partial charge >= 0.3 is 5.69 Å². The molecule has 0 bridgehead atoms. The van der Waals surface area contributed by atoms with Crippen molar-refractivity contribution in [3.05, 3.63) is 130 Å². The van der Waals surface area contributed by atoms with Gasteiger partial charge in [-0.3, -0.25) is 4.57 Å². The van der Waals surface area contributed by atoms with E-state index < -0.39 is 41.5 Å². The second-order valence-corrected chi connectivity index (χ2v) is 24.1. The molecule has 8 atom stereocenters. The summed E-state index contributed by atoms with van der Waals surface area (Å²) >= 11 is 8.10. The molecule has 4 aliphatic rings. The second kappa shape index (κ2) is 20.1. The first-order valence-electron chi connectivity index (χ1n) is 22.3. The van der Waals surface area contributed by atoms with Crippen molar-refractivity contribution in [3.63, 3.8) is 0 Å². The number of aliphatic imine (C=N–C) groups is 1. The number of likely N-dealkylation sites (tertiary alicyclic amines) is 1. The van der Waals surface area contributed by atoms with Crippen LogP contribution >= 0.6 is 17.1 Å². The van der Waals surface area contributed by atoms with Crippen LogP contribution in [0.3, 0.4) is 0 Å². The van der Waals surface area contributed by atoms with Crippen LogP contribution in [0, 0.1) is 12.8 Å². The van der Waals surface area contributed by atoms with Crippen molar-refractivity contribution in [2.75, 3.05) is 54.7 Å². The zero-order chi connectivity index (χ0) is 45.9. The molecule has 0 spiro atoms. The lowest BCUT2D eigenvalue weighted by Gasteiger charge is -2.37. The van der Waals surface area contributed by atoms with Gasteiger partial charge in [-0.2, -0.15) is 4.98 Å². The third kappa shape index (κ3) is 9.91. The Kier molecular flexibility index (Phi) is 14.8. The van der Waals surface area contributed by atoms with Gasteiger partial charge in [-0.15, -0.1) is 0 Å². The van der Waals surface area contributed by atoms with Crippen LogP contribution in [0.15, 0.2) is 107 Å². The van der Waals surface area contributed by atoms with Crippen molar-refractivity contribution >= 4 is 40.5 Å². The number of amidine groups is 1. The van der Waals surface area contributed by atoms with Gasteiger partial charge in [0.25, 0.3) is 0 Å². The average molecular weight is 945 g/mol. The Morgan fingerprint density at radius 2 is 1.66 bits per heavy atom. The van der Waals surface area contributed by atoms with Crippen molar-refractivity contribution in [1.82, 2.24) is 14.5 Å². The maximum absolute atomic E-state index is 14.3. The molecular weight excluding hydrogens is 884 g/mol. The van der Waals surface area contributed by atoms with E-state index in [9.17, 15) is 4.79 Å². The molecule has 0 radical (unpaired) electrons. The highest BCUT2D eigenvalue weighted by Crippen LogP contribution is 2.76. The normalized spacial score (nSPS) is 28.4. The number of ether oxygens (including phenoxy) is 6. The first-order chi connectivity index (χ1) is 31.3. The molecule has 4 heterocycles. The molecule has 8 rings (SSSR count). The molecule has 1 saturated carbocycles. The van der Waals surface area contributed by atoms with Crippen molar-refractivity contribution in [3.8, 4) is 11.5 Å². The molecule has 1 aromatic heterocycles. The number of fused-ring (bicyclic) bond motifs is 1. The Bertz CT molecular complexity index is 2390. The Labute approximate surface area is 391 Å². The first-order valence-corrected chi connectivity index (χ1v) is 26.3. The van der Waals surface area contributed by atoms with Gasteiger partial charge < -0.3 is 42.4 Å². The van der Waals surface area contributed by atoms with E-state index in [0.717, 1.165) is 66.7 Å². The molecule has 65 heavy (non-hydrogen) atoms. The summed E-state index contributed by atoms with van der Waals surface area (Å²) in [5.74, 6) is 3.02. The lowest BCUT2D eigenvalue weighted by Crippen LogP contribution is -2.42. The number of benzene rings is 3. The number of hydrogen-bond acceptors (Lipinski definition) is 13. The molecule has 3 saturated heterocycles. The van der Waals surface area contributed by atoms with Gasteiger partial charge in [0.15, 0.2) is 12.0 Å². The fraction of sp³-hybridized carbons (Fsp3) is 0.490. The van der Waals surface area contributed by atoms with Crippen LogP contribution in [0.5, 0.6) is 11.5 Å². The van der Waals surface area contributed by atoms with E-state index in [1.807, 2.05) is 92.8 Å².